The number of nitrogens with zero attached hydrogens (tertiary/aromatic N) is 2. The molecule has 0 spiro atoms. The second-order valence-corrected chi connectivity index (χ2v) is 11.5. The van der Waals surface area contributed by atoms with Gasteiger partial charge in [-0.15, -0.1) is 11.3 Å². The number of likely N-dealkylation sites (tertiary alicyclic amines) is 1. The zero-order chi connectivity index (χ0) is 25.5. The van der Waals surface area contributed by atoms with Crippen molar-refractivity contribution in [2.24, 2.45) is 11.8 Å². The molecule has 4 heterocycles. The molecule has 7 heteroatoms. The fourth-order valence-electron chi connectivity index (χ4n) is 6.21. The number of fused-ring (bicyclic) bond motifs is 3. The summed E-state index contributed by atoms with van der Waals surface area (Å²) in [5.41, 5.74) is 5.19. The number of rotatable bonds is 7. The van der Waals surface area contributed by atoms with Crippen molar-refractivity contribution in [2.45, 2.75) is 51.5 Å². The van der Waals surface area contributed by atoms with Gasteiger partial charge in [0.1, 0.15) is 11.5 Å². The Balaban J connectivity index is 1.35. The van der Waals surface area contributed by atoms with Gasteiger partial charge in [-0.3, -0.25) is 9.59 Å². The molecule has 0 bridgehead atoms. The summed E-state index contributed by atoms with van der Waals surface area (Å²) in [6.07, 6.45) is 6.71. The Labute approximate surface area is 222 Å². The first-order valence-corrected chi connectivity index (χ1v) is 14.3. The molecule has 6 nitrogen and oxygen atoms in total. The molecule has 194 valence electrons. The Morgan fingerprint density at radius 1 is 1.00 bits per heavy atom. The van der Waals surface area contributed by atoms with Gasteiger partial charge in [0.25, 0.3) is 5.91 Å². The molecule has 1 saturated heterocycles. The number of carbonyl (C=O) groups excluding carboxylic acids is 2. The summed E-state index contributed by atoms with van der Waals surface area (Å²) in [4.78, 5) is 29.8. The fraction of sp³-hybridized carbons (Fsp3) is 0.467. The lowest BCUT2D eigenvalue weighted by atomic mass is 9.78. The van der Waals surface area contributed by atoms with E-state index in [-0.39, 0.29) is 17.7 Å². The average Bonchev–Trinajstić information content (AvgIpc) is 3.54. The third kappa shape index (κ3) is 4.37. The monoisotopic (exact) mass is 518 g/mol. The molecular formula is C30H34N2O4S. The number of aryl methyl sites for hydroxylation is 1. The normalized spacial score (nSPS) is 19.1. The molecule has 0 unspecified atom stereocenters. The molecule has 1 amide bonds. The molecule has 37 heavy (non-hydrogen) atoms. The lowest BCUT2D eigenvalue weighted by Crippen LogP contribution is -2.42. The summed E-state index contributed by atoms with van der Waals surface area (Å²) < 4.78 is 13.4. The Kier molecular flexibility index (Phi) is 6.57. The first kappa shape index (κ1) is 24.3. The topological polar surface area (TPSA) is 60.8 Å². The maximum Gasteiger partial charge on any atom is 0.270 e. The van der Waals surface area contributed by atoms with Crippen molar-refractivity contribution in [2.75, 3.05) is 27.3 Å². The molecule has 0 N–H and O–H groups in total. The van der Waals surface area contributed by atoms with Crippen LogP contribution < -0.4 is 9.47 Å². The van der Waals surface area contributed by atoms with Crippen molar-refractivity contribution < 1.29 is 19.1 Å². The third-order valence-electron chi connectivity index (χ3n) is 8.43. The minimum atomic E-state index is 0.0776. The van der Waals surface area contributed by atoms with Crippen LogP contribution in [0.1, 0.15) is 54.6 Å². The number of hydrogen-bond acceptors (Lipinski definition) is 5. The highest BCUT2D eigenvalue weighted by Crippen LogP contribution is 2.45. The number of ketones is 1. The SMILES string of the molecule is COc1cc2c(cc1OC)-c1c(-c3cccs3)cc(C(=O)N3CCC[C@H](CC(=O)C4CCC4)C3)n1CC2. The molecular weight excluding hydrogens is 484 g/mol. The third-order valence-corrected chi connectivity index (χ3v) is 9.33. The van der Waals surface area contributed by atoms with Crippen molar-refractivity contribution >= 4 is 23.0 Å². The predicted octanol–water partition coefficient (Wildman–Crippen LogP) is 6.07. The Morgan fingerprint density at radius 2 is 1.81 bits per heavy atom. The summed E-state index contributed by atoms with van der Waals surface area (Å²) in [5.74, 6) is 2.45. The van der Waals surface area contributed by atoms with Crippen LogP contribution in [0, 0.1) is 11.8 Å². The highest BCUT2D eigenvalue weighted by atomic mass is 32.1. The fourth-order valence-corrected chi connectivity index (χ4v) is 6.95. The molecule has 1 saturated carbocycles. The van der Waals surface area contributed by atoms with Gasteiger partial charge in [-0.25, -0.2) is 0 Å². The number of Topliss-reactive ketones (excluding diaryl/α,β-unsaturated/α-hetero) is 1. The molecule has 1 aromatic carbocycles. The van der Waals surface area contributed by atoms with Crippen molar-refractivity contribution in [3.63, 3.8) is 0 Å². The summed E-state index contributed by atoms with van der Waals surface area (Å²) >= 11 is 1.69. The zero-order valence-electron chi connectivity index (χ0n) is 21.6. The maximum atomic E-state index is 14.0. The van der Waals surface area contributed by atoms with Crippen LogP contribution in [0.15, 0.2) is 35.7 Å². The smallest absolute Gasteiger partial charge is 0.270 e. The molecule has 3 aromatic rings. The summed E-state index contributed by atoms with van der Waals surface area (Å²) in [6, 6.07) is 10.4. The number of methoxy groups -OCH3 is 2. The molecule has 3 aliphatic rings. The number of ether oxygens (including phenoxy) is 2. The zero-order valence-corrected chi connectivity index (χ0v) is 22.4. The molecule has 2 fully saturated rings. The number of aromatic nitrogens is 1. The predicted molar refractivity (Wildman–Crippen MR) is 146 cm³/mol. The van der Waals surface area contributed by atoms with Gasteiger partial charge < -0.3 is 18.9 Å². The lowest BCUT2D eigenvalue weighted by molar-refractivity contribution is -0.126. The van der Waals surface area contributed by atoms with Crippen LogP contribution in [0.2, 0.25) is 0 Å². The van der Waals surface area contributed by atoms with Crippen molar-refractivity contribution in [3.05, 3.63) is 47.0 Å². The number of piperidine rings is 1. The summed E-state index contributed by atoms with van der Waals surface area (Å²) in [7, 11) is 3.32. The van der Waals surface area contributed by atoms with E-state index in [2.05, 4.69) is 34.2 Å². The van der Waals surface area contributed by atoms with E-state index in [0.29, 0.717) is 24.5 Å². The highest BCUT2D eigenvalue weighted by Gasteiger charge is 2.34. The largest absolute Gasteiger partial charge is 0.493 e. The second kappa shape index (κ2) is 10.0. The van der Waals surface area contributed by atoms with E-state index in [1.165, 1.54) is 12.0 Å². The Hall–Kier alpha value is -3.06. The number of thiophene rings is 1. The van der Waals surface area contributed by atoms with Gasteiger partial charge in [0.15, 0.2) is 11.5 Å². The molecule has 2 aromatic heterocycles. The Bertz CT molecular complexity index is 1320. The van der Waals surface area contributed by atoms with Gasteiger partial charge >= 0.3 is 0 Å². The van der Waals surface area contributed by atoms with E-state index in [4.69, 9.17) is 9.47 Å². The van der Waals surface area contributed by atoms with Crippen LogP contribution in [-0.2, 0) is 17.8 Å². The van der Waals surface area contributed by atoms with E-state index in [0.717, 1.165) is 78.3 Å². The molecule has 1 aliphatic carbocycles. The number of amides is 1. The van der Waals surface area contributed by atoms with E-state index >= 15 is 0 Å². The highest BCUT2D eigenvalue weighted by molar-refractivity contribution is 7.13. The van der Waals surface area contributed by atoms with E-state index < -0.39 is 0 Å². The van der Waals surface area contributed by atoms with E-state index in [1.807, 2.05) is 11.0 Å². The summed E-state index contributed by atoms with van der Waals surface area (Å²) in [5, 5.41) is 2.08. The van der Waals surface area contributed by atoms with Gasteiger partial charge in [-0.05, 0) is 73.2 Å². The van der Waals surface area contributed by atoms with Crippen LogP contribution in [0.3, 0.4) is 0 Å². The second-order valence-electron chi connectivity index (χ2n) is 10.6. The number of hydrogen-bond donors (Lipinski definition) is 0. The minimum absolute atomic E-state index is 0.0776. The van der Waals surface area contributed by atoms with Crippen LogP contribution in [-0.4, -0.2) is 48.5 Å². The number of carbonyl (C=O) groups is 2. The first-order chi connectivity index (χ1) is 18.1. The Morgan fingerprint density at radius 3 is 2.51 bits per heavy atom. The van der Waals surface area contributed by atoms with Crippen molar-refractivity contribution in [1.29, 1.82) is 0 Å². The van der Waals surface area contributed by atoms with Crippen LogP contribution >= 0.6 is 11.3 Å². The summed E-state index contributed by atoms with van der Waals surface area (Å²) in [6.45, 7) is 2.17. The van der Waals surface area contributed by atoms with Crippen molar-refractivity contribution in [3.8, 4) is 33.2 Å². The molecule has 1 atom stereocenters. The maximum absolute atomic E-state index is 14.0. The number of benzene rings is 1. The van der Waals surface area contributed by atoms with Gasteiger partial charge in [0, 0.05) is 48.0 Å². The van der Waals surface area contributed by atoms with E-state index in [1.54, 1.807) is 25.6 Å². The van der Waals surface area contributed by atoms with Crippen LogP contribution in [0.4, 0.5) is 0 Å². The van der Waals surface area contributed by atoms with Crippen LogP contribution in [0.5, 0.6) is 11.5 Å². The van der Waals surface area contributed by atoms with Gasteiger partial charge in [0.2, 0.25) is 0 Å². The average molecular weight is 519 g/mol. The lowest BCUT2D eigenvalue weighted by Gasteiger charge is -2.34. The van der Waals surface area contributed by atoms with Gasteiger partial charge in [-0.2, -0.15) is 0 Å². The van der Waals surface area contributed by atoms with Gasteiger partial charge in [-0.1, -0.05) is 12.5 Å². The molecule has 6 rings (SSSR count). The van der Waals surface area contributed by atoms with Crippen molar-refractivity contribution in [1.82, 2.24) is 9.47 Å². The first-order valence-electron chi connectivity index (χ1n) is 13.4. The standard InChI is InChI=1S/C30H34N2O4S/c1-35-26-15-21-10-12-32-24(16-23(28-9-5-13-37-28)29(32)22(21)17-27(26)36-2)30(34)31-11-4-6-19(18-31)14-25(33)20-7-3-8-20/h5,9,13,15-17,19-20H,3-4,6-8,10-12,14,18H2,1-2H3/t19-/m1/s1. The molecule has 0 radical (unpaired) electrons. The quantitative estimate of drug-likeness (QED) is 0.381. The van der Waals surface area contributed by atoms with E-state index in [9.17, 15) is 9.59 Å². The minimum Gasteiger partial charge on any atom is -0.493 e. The van der Waals surface area contributed by atoms with Gasteiger partial charge in [0.05, 0.1) is 19.9 Å². The van der Waals surface area contributed by atoms with Crippen LogP contribution in [0.25, 0.3) is 21.7 Å². The molecule has 2 aliphatic heterocycles.